The first-order valence-corrected chi connectivity index (χ1v) is 7.48. The van der Waals surface area contributed by atoms with E-state index in [1.807, 2.05) is 30.5 Å². The van der Waals surface area contributed by atoms with Crippen LogP contribution >= 0.6 is 0 Å². The van der Waals surface area contributed by atoms with Crippen molar-refractivity contribution in [1.29, 1.82) is 0 Å². The fourth-order valence-corrected chi connectivity index (χ4v) is 2.63. The Labute approximate surface area is 137 Å². The SMILES string of the molecule is Cc1cc(C)n2cc(CNc3ccc(C)c(C(F)(F)F)c3)nc2n1. The normalized spacial score (nSPS) is 11.9. The summed E-state index contributed by atoms with van der Waals surface area (Å²) >= 11 is 0. The lowest BCUT2D eigenvalue weighted by Crippen LogP contribution is -2.09. The van der Waals surface area contributed by atoms with Crippen LogP contribution in [0.2, 0.25) is 0 Å². The molecule has 24 heavy (non-hydrogen) atoms. The number of alkyl halides is 3. The van der Waals surface area contributed by atoms with Gasteiger partial charge in [-0.1, -0.05) is 6.07 Å². The highest BCUT2D eigenvalue weighted by Crippen LogP contribution is 2.33. The largest absolute Gasteiger partial charge is 0.416 e. The summed E-state index contributed by atoms with van der Waals surface area (Å²) in [6.45, 7) is 5.62. The number of rotatable bonds is 3. The van der Waals surface area contributed by atoms with Crippen molar-refractivity contribution in [3.63, 3.8) is 0 Å². The molecule has 0 aliphatic rings. The summed E-state index contributed by atoms with van der Waals surface area (Å²) in [6, 6.07) is 6.16. The van der Waals surface area contributed by atoms with Gasteiger partial charge in [-0.3, -0.25) is 4.40 Å². The number of anilines is 1. The molecule has 3 rings (SSSR count). The summed E-state index contributed by atoms with van der Waals surface area (Å²) in [5, 5.41) is 2.99. The van der Waals surface area contributed by atoms with Gasteiger partial charge in [-0.05, 0) is 44.5 Å². The second-order valence-electron chi connectivity index (χ2n) is 5.82. The third-order valence-corrected chi connectivity index (χ3v) is 3.83. The first kappa shape index (κ1) is 16.3. The highest BCUT2D eigenvalue weighted by Gasteiger charge is 2.32. The van der Waals surface area contributed by atoms with E-state index >= 15 is 0 Å². The maximum Gasteiger partial charge on any atom is 0.416 e. The third kappa shape index (κ3) is 3.20. The van der Waals surface area contributed by atoms with Gasteiger partial charge in [-0.15, -0.1) is 0 Å². The number of benzene rings is 1. The van der Waals surface area contributed by atoms with Crippen LogP contribution in [0.15, 0.2) is 30.5 Å². The van der Waals surface area contributed by atoms with Gasteiger partial charge in [0.15, 0.2) is 0 Å². The molecule has 3 aromatic rings. The Kier molecular flexibility index (Phi) is 3.95. The maximum atomic E-state index is 13.0. The number of nitrogens with one attached hydrogen (secondary N) is 1. The second kappa shape index (κ2) is 5.81. The smallest absolute Gasteiger partial charge is 0.379 e. The molecule has 0 unspecified atom stereocenters. The number of hydrogen-bond acceptors (Lipinski definition) is 3. The Bertz CT molecular complexity index is 897. The zero-order valence-electron chi connectivity index (χ0n) is 13.6. The van der Waals surface area contributed by atoms with Crippen LogP contribution in [0, 0.1) is 20.8 Å². The van der Waals surface area contributed by atoms with Gasteiger partial charge in [0.05, 0.1) is 17.8 Å². The van der Waals surface area contributed by atoms with Gasteiger partial charge in [0.25, 0.3) is 0 Å². The Morgan fingerprint density at radius 3 is 2.54 bits per heavy atom. The summed E-state index contributed by atoms with van der Waals surface area (Å²) < 4.78 is 40.7. The number of halogens is 3. The molecule has 2 aromatic heterocycles. The van der Waals surface area contributed by atoms with Gasteiger partial charge < -0.3 is 5.32 Å². The highest BCUT2D eigenvalue weighted by atomic mass is 19.4. The number of fused-ring (bicyclic) bond motifs is 1. The maximum absolute atomic E-state index is 13.0. The van der Waals surface area contributed by atoms with E-state index in [4.69, 9.17) is 0 Å². The van der Waals surface area contributed by atoms with E-state index < -0.39 is 11.7 Å². The molecule has 0 amide bonds. The first-order chi connectivity index (χ1) is 11.2. The third-order valence-electron chi connectivity index (χ3n) is 3.83. The zero-order chi connectivity index (χ0) is 17.5. The molecule has 1 aromatic carbocycles. The van der Waals surface area contributed by atoms with Crippen molar-refractivity contribution >= 4 is 11.5 Å². The molecule has 0 fully saturated rings. The lowest BCUT2D eigenvalue weighted by atomic mass is 10.1. The molecule has 0 spiro atoms. The van der Waals surface area contributed by atoms with Crippen LogP contribution < -0.4 is 5.32 Å². The Morgan fingerprint density at radius 2 is 1.83 bits per heavy atom. The van der Waals surface area contributed by atoms with Crippen LogP contribution in [-0.4, -0.2) is 14.4 Å². The fourth-order valence-electron chi connectivity index (χ4n) is 2.63. The molecule has 0 bridgehead atoms. The number of aromatic nitrogens is 3. The van der Waals surface area contributed by atoms with Crippen molar-refractivity contribution in [1.82, 2.24) is 14.4 Å². The first-order valence-electron chi connectivity index (χ1n) is 7.48. The second-order valence-corrected chi connectivity index (χ2v) is 5.82. The molecule has 7 heteroatoms. The van der Waals surface area contributed by atoms with Crippen LogP contribution in [0.1, 0.15) is 28.2 Å². The minimum Gasteiger partial charge on any atom is -0.379 e. The van der Waals surface area contributed by atoms with Crippen LogP contribution in [0.5, 0.6) is 0 Å². The number of hydrogen-bond donors (Lipinski definition) is 1. The zero-order valence-corrected chi connectivity index (χ0v) is 13.6. The van der Waals surface area contributed by atoms with Crippen LogP contribution in [0.25, 0.3) is 5.78 Å². The van der Waals surface area contributed by atoms with Crippen molar-refractivity contribution < 1.29 is 13.2 Å². The van der Waals surface area contributed by atoms with E-state index in [2.05, 4.69) is 15.3 Å². The fraction of sp³-hybridized carbons (Fsp3) is 0.294. The van der Waals surface area contributed by atoms with Crippen LogP contribution in [0.3, 0.4) is 0 Å². The monoisotopic (exact) mass is 334 g/mol. The standard InChI is InChI=1S/C17H17F3N4/c1-10-4-5-13(7-15(10)17(18,19)20)21-8-14-9-24-12(3)6-11(2)22-16(24)23-14/h4-7,9,21H,8H2,1-3H3. The van der Waals surface area contributed by atoms with Gasteiger partial charge in [0, 0.05) is 23.3 Å². The highest BCUT2D eigenvalue weighted by molar-refractivity contribution is 5.49. The van der Waals surface area contributed by atoms with E-state index in [0.717, 1.165) is 17.5 Å². The summed E-state index contributed by atoms with van der Waals surface area (Å²) in [4.78, 5) is 8.75. The van der Waals surface area contributed by atoms with Crippen LogP contribution in [0.4, 0.5) is 18.9 Å². The van der Waals surface area contributed by atoms with E-state index in [9.17, 15) is 13.2 Å². The van der Waals surface area contributed by atoms with Crippen LogP contribution in [-0.2, 0) is 12.7 Å². The Hall–Kier alpha value is -2.57. The van der Waals surface area contributed by atoms with Gasteiger partial charge in [-0.25, -0.2) is 9.97 Å². The molecule has 0 aliphatic carbocycles. The molecule has 0 saturated carbocycles. The van der Waals surface area contributed by atoms with Gasteiger partial charge in [0.2, 0.25) is 5.78 Å². The van der Waals surface area contributed by atoms with Gasteiger partial charge in [-0.2, -0.15) is 13.2 Å². The Balaban J connectivity index is 1.82. The molecule has 2 heterocycles. The molecular formula is C17H17F3N4. The van der Waals surface area contributed by atoms with E-state index in [1.165, 1.54) is 13.0 Å². The molecular weight excluding hydrogens is 317 g/mol. The van der Waals surface area contributed by atoms with Crippen molar-refractivity contribution in [2.24, 2.45) is 0 Å². The molecule has 0 saturated heterocycles. The lowest BCUT2D eigenvalue weighted by Gasteiger charge is -2.12. The van der Waals surface area contributed by atoms with Crippen molar-refractivity contribution in [2.75, 3.05) is 5.32 Å². The van der Waals surface area contributed by atoms with E-state index in [-0.39, 0.29) is 5.56 Å². The lowest BCUT2D eigenvalue weighted by molar-refractivity contribution is -0.138. The number of imidazole rings is 1. The summed E-state index contributed by atoms with van der Waals surface area (Å²) in [5.74, 6) is 0.587. The minimum absolute atomic E-state index is 0.205. The Morgan fingerprint density at radius 1 is 1.08 bits per heavy atom. The molecule has 1 N–H and O–H groups in total. The minimum atomic E-state index is -4.36. The van der Waals surface area contributed by atoms with Crippen molar-refractivity contribution in [3.05, 3.63) is 58.7 Å². The quantitative estimate of drug-likeness (QED) is 0.777. The van der Waals surface area contributed by atoms with Gasteiger partial charge in [0.1, 0.15) is 0 Å². The topological polar surface area (TPSA) is 42.2 Å². The van der Waals surface area contributed by atoms with Crippen molar-refractivity contribution in [3.8, 4) is 0 Å². The average Bonchev–Trinajstić information content (AvgIpc) is 2.88. The summed E-state index contributed by atoms with van der Waals surface area (Å²) in [5.41, 5.74) is 2.58. The van der Waals surface area contributed by atoms with Crippen molar-refractivity contribution in [2.45, 2.75) is 33.5 Å². The van der Waals surface area contributed by atoms with E-state index in [0.29, 0.717) is 23.7 Å². The molecule has 0 radical (unpaired) electrons. The molecule has 4 nitrogen and oxygen atoms in total. The summed E-state index contributed by atoms with van der Waals surface area (Å²) in [6.07, 6.45) is -2.52. The predicted molar refractivity (Wildman–Crippen MR) is 86.0 cm³/mol. The molecule has 0 aliphatic heterocycles. The number of nitrogens with zero attached hydrogens (tertiary/aromatic N) is 3. The van der Waals surface area contributed by atoms with Gasteiger partial charge >= 0.3 is 6.18 Å². The molecule has 0 atom stereocenters. The van der Waals surface area contributed by atoms with E-state index in [1.54, 1.807) is 6.07 Å². The average molecular weight is 334 g/mol. The number of aryl methyl sites for hydroxylation is 3. The molecule has 126 valence electrons. The predicted octanol–water partition coefficient (Wildman–Crippen LogP) is 4.29. The summed E-state index contributed by atoms with van der Waals surface area (Å²) in [7, 11) is 0.